The Kier molecular flexibility index (Phi) is 5.84. The molecule has 0 aromatic heterocycles. The van der Waals surface area contributed by atoms with Crippen LogP contribution in [0.1, 0.15) is 5.56 Å². The highest BCUT2D eigenvalue weighted by Crippen LogP contribution is 2.24. The first-order chi connectivity index (χ1) is 12.9. The molecule has 0 heterocycles. The molecular weight excluding hydrogens is 380 g/mol. The summed E-state index contributed by atoms with van der Waals surface area (Å²) in [6.45, 7) is 1.71. The molecule has 0 saturated carbocycles. The number of thioether (sulfide) groups is 1. The minimum absolute atomic E-state index is 0.157. The lowest BCUT2D eigenvalue weighted by Crippen LogP contribution is -2.20. The third-order valence-corrected chi connectivity index (χ3v) is 6.67. The van der Waals surface area contributed by atoms with E-state index < -0.39 is 10.0 Å². The molecule has 7 heteroatoms. The summed E-state index contributed by atoms with van der Waals surface area (Å²) >= 11 is 1.44. The molecule has 0 radical (unpaired) electrons. The van der Waals surface area contributed by atoms with Crippen molar-refractivity contribution in [3.63, 3.8) is 0 Å². The van der Waals surface area contributed by atoms with Crippen LogP contribution < -0.4 is 10.0 Å². The van der Waals surface area contributed by atoms with Crippen LogP contribution in [0.4, 0.5) is 5.69 Å². The normalized spacial score (nSPS) is 11.5. The first-order valence-electron chi connectivity index (χ1n) is 8.35. The molecule has 0 bridgehead atoms. The van der Waals surface area contributed by atoms with Crippen LogP contribution in [0.25, 0.3) is 10.8 Å². The number of hydrogen-bond acceptors (Lipinski definition) is 4. The molecule has 5 nitrogen and oxygen atoms in total. The van der Waals surface area contributed by atoms with Crippen molar-refractivity contribution in [1.82, 2.24) is 4.72 Å². The van der Waals surface area contributed by atoms with Gasteiger partial charge in [-0.2, -0.15) is 0 Å². The summed E-state index contributed by atoms with van der Waals surface area (Å²) in [5, 5.41) is 5.05. The van der Waals surface area contributed by atoms with Gasteiger partial charge in [-0.25, -0.2) is 13.1 Å². The van der Waals surface area contributed by atoms with Gasteiger partial charge in [-0.05, 0) is 54.6 Å². The molecule has 3 aromatic rings. The molecule has 0 spiro atoms. The number of sulfonamides is 1. The van der Waals surface area contributed by atoms with E-state index >= 15 is 0 Å². The smallest absolute Gasteiger partial charge is 0.240 e. The number of hydrogen-bond donors (Lipinski definition) is 2. The second-order valence-corrected chi connectivity index (χ2v) is 8.94. The maximum absolute atomic E-state index is 12.3. The zero-order valence-corrected chi connectivity index (χ0v) is 16.7. The molecule has 0 aliphatic rings. The Balaban J connectivity index is 1.67. The average Bonchev–Trinajstić information content (AvgIpc) is 2.67. The third-order valence-electron chi connectivity index (χ3n) is 4.12. The van der Waals surface area contributed by atoms with Crippen molar-refractivity contribution >= 4 is 44.2 Å². The Morgan fingerprint density at radius 3 is 2.48 bits per heavy atom. The number of anilines is 1. The van der Waals surface area contributed by atoms with Gasteiger partial charge in [0, 0.05) is 10.6 Å². The highest BCUT2D eigenvalue weighted by Gasteiger charge is 2.15. The van der Waals surface area contributed by atoms with E-state index in [9.17, 15) is 13.2 Å². The number of fused-ring (bicyclic) bond motifs is 1. The van der Waals surface area contributed by atoms with Crippen molar-refractivity contribution in [3.05, 3.63) is 66.2 Å². The van der Waals surface area contributed by atoms with Gasteiger partial charge in [0.25, 0.3) is 0 Å². The summed E-state index contributed by atoms with van der Waals surface area (Å²) < 4.78 is 26.4. The summed E-state index contributed by atoms with van der Waals surface area (Å²) in [7, 11) is -2.21. The van der Waals surface area contributed by atoms with Gasteiger partial charge < -0.3 is 5.32 Å². The summed E-state index contributed by atoms with van der Waals surface area (Å²) in [5.41, 5.74) is 1.08. The predicted molar refractivity (Wildman–Crippen MR) is 111 cm³/mol. The molecular formula is C20H20N2O3S2. The van der Waals surface area contributed by atoms with Crippen LogP contribution in [0.3, 0.4) is 0 Å². The van der Waals surface area contributed by atoms with Crippen molar-refractivity contribution in [2.24, 2.45) is 0 Å². The van der Waals surface area contributed by atoms with E-state index in [1.807, 2.05) is 36.4 Å². The standard InChI is InChI=1S/C20H20N2O3S2/c1-14-7-9-17(12-19(14)27(24,25)21-2)22-20(23)13-26-18-10-8-15-5-3-4-6-16(15)11-18/h3-12,21H,13H2,1-2H3,(H,22,23). The van der Waals surface area contributed by atoms with Crippen molar-refractivity contribution in [1.29, 1.82) is 0 Å². The van der Waals surface area contributed by atoms with Crippen molar-refractivity contribution < 1.29 is 13.2 Å². The van der Waals surface area contributed by atoms with E-state index in [0.29, 0.717) is 11.3 Å². The molecule has 0 fully saturated rings. The number of nitrogens with one attached hydrogen (secondary N) is 2. The highest BCUT2D eigenvalue weighted by molar-refractivity contribution is 8.00. The number of carbonyl (C=O) groups excluding carboxylic acids is 1. The summed E-state index contributed by atoms with van der Waals surface area (Å²) in [4.78, 5) is 13.4. The lowest BCUT2D eigenvalue weighted by Gasteiger charge is -2.10. The van der Waals surface area contributed by atoms with Crippen molar-refractivity contribution in [2.45, 2.75) is 16.7 Å². The van der Waals surface area contributed by atoms with Gasteiger partial charge in [-0.15, -0.1) is 11.8 Å². The monoisotopic (exact) mass is 400 g/mol. The van der Waals surface area contributed by atoms with Gasteiger partial charge in [-0.1, -0.05) is 36.4 Å². The Labute approximate surface area is 163 Å². The molecule has 0 unspecified atom stereocenters. The molecule has 27 heavy (non-hydrogen) atoms. The first kappa shape index (κ1) is 19.4. The third kappa shape index (κ3) is 4.68. The minimum Gasteiger partial charge on any atom is -0.325 e. The largest absolute Gasteiger partial charge is 0.325 e. The average molecular weight is 401 g/mol. The van der Waals surface area contributed by atoms with E-state index in [1.165, 1.54) is 24.9 Å². The molecule has 0 atom stereocenters. The molecule has 0 saturated heterocycles. The zero-order chi connectivity index (χ0) is 19.4. The number of carbonyl (C=O) groups is 1. The fourth-order valence-electron chi connectivity index (χ4n) is 2.68. The zero-order valence-electron chi connectivity index (χ0n) is 15.0. The highest BCUT2D eigenvalue weighted by atomic mass is 32.2. The van der Waals surface area contributed by atoms with Crippen LogP contribution in [0.5, 0.6) is 0 Å². The van der Waals surface area contributed by atoms with Gasteiger partial charge in [0.05, 0.1) is 10.6 Å². The Bertz CT molecular complexity index is 1100. The molecule has 2 N–H and O–H groups in total. The Hall–Kier alpha value is -2.35. The lowest BCUT2D eigenvalue weighted by atomic mass is 10.1. The van der Waals surface area contributed by atoms with Crippen LogP contribution in [-0.2, 0) is 14.8 Å². The van der Waals surface area contributed by atoms with Gasteiger partial charge in [-0.3, -0.25) is 4.79 Å². The van der Waals surface area contributed by atoms with Crippen LogP contribution in [0, 0.1) is 6.92 Å². The van der Waals surface area contributed by atoms with Crippen LogP contribution >= 0.6 is 11.8 Å². The van der Waals surface area contributed by atoms with E-state index in [2.05, 4.69) is 16.1 Å². The van der Waals surface area contributed by atoms with E-state index in [0.717, 1.165) is 15.7 Å². The molecule has 0 aliphatic heterocycles. The molecule has 1 amide bonds. The predicted octanol–water partition coefficient (Wildman–Crippen LogP) is 3.79. The van der Waals surface area contributed by atoms with Crippen molar-refractivity contribution in [2.75, 3.05) is 18.1 Å². The number of benzene rings is 3. The van der Waals surface area contributed by atoms with Crippen molar-refractivity contribution in [3.8, 4) is 0 Å². The maximum Gasteiger partial charge on any atom is 0.240 e. The summed E-state index contributed by atoms with van der Waals surface area (Å²) in [6, 6.07) is 19.0. The SMILES string of the molecule is CNS(=O)(=O)c1cc(NC(=O)CSc2ccc3ccccc3c2)ccc1C. The second kappa shape index (κ2) is 8.12. The van der Waals surface area contributed by atoms with E-state index in [1.54, 1.807) is 19.1 Å². The first-order valence-corrected chi connectivity index (χ1v) is 10.8. The summed E-state index contributed by atoms with van der Waals surface area (Å²) in [5.74, 6) is 0.0465. The molecule has 140 valence electrons. The van der Waals surface area contributed by atoms with Gasteiger partial charge in [0.1, 0.15) is 0 Å². The number of rotatable bonds is 6. The van der Waals surface area contributed by atoms with Crippen LogP contribution in [0.2, 0.25) is 0 Å². The number of aryl methyl sites for hydroxylation is 1. The molecule has 3 aromatic carbocycles. The molecule has 0 aliphatic carbocycles. The minimum atomic E-state index is -3.57. The Morgan fingerprint density at radius 2 is 1.74 bits per heavy atom. The van der Waals surface area contributed by atoms with Gasteiger partial charge >= 0.3 is 0 Å². The topological polar surface area (TPSA) is 75.3 Å². The fourth-order valence-corrected chi connectivity index (χ4v) is 4.42. The number of amides is 1. The van der Waals surface area contributed by atoms with E-state index in [4.69, 9.17) is 0 Å². The van der Waals surface area contributed by atoms with Gasteiger partial charge in [0.2, 0.25) is 15.9 Å². The fraction of sp³-hybridized carbons (Fsp3) is 0.150. The Morgan fingerprint density at radius 1 is 1.00 bits per heavy atom. The maximum atomic E-state index is 12.3. The lowest BCUT2D eigenvalue weighted by molar-refractivity contribution is -0.113. The summed E-state index contributed by atoms with van der Waals surface area (Å²) in [6.07, 6.45) is 0. The van der Waals surface area contributed by atoms with Crippen LogP contribution in [-0.4, -0.2) is 27.1 Å². The van der Waals surface area contributed by atoms with Crippen LogP contribution in [0.15, 0.2) is 70.5 Å². The van der Waals surface area contributed by atoms with Gasteiger partial charge in [0.15, 0.2) is 0 Å². The molecule has 3 rings (SSSR count). The quantitative estimate of drug-likeness (QED) is 0.618. The second-order valence-electron chi connectivity index (χ2n) is 6.03. The van der Waals surface area contributed by atoms with E-state index in [-0.39, 0.29) is 16.6 Å².